The van der Waals surface area contributed by atoms with Gasteiger partial charge in [0.15, 0.2) is 0 Å². The van der Waals surface area contributed by atoms with Gasteiger partial charge in [0.05, 0.1) is 23.7 Å². The number of amides is 1. The molecule has 21 heavy (non-hydrogen) atoms. The summed E-state index contributed by atoms with van der Waals surface area (Å²) in [4.78, 5) is 12.0. The number of sulfonamides is 1. The fraction of sp³-hybridized carbons (Fsp3) is 0.462. The van der Waals surface area contributed by atoms with Crippen LogP contribution in [0.4, 0.5) is 11.4 Å². The molecule has 0 aromatic heterocycles. The molecule has 7 nitrogen and oxygen atoms in total. The van der Waals surface area contributed by atoms with E-state index in [1.165, 1.54) is 0 Å². The summed E-state index contributed by atoms with van der Waals surface area (Å²) in [5, 5.41) is 2.63. The van der Waals surface area contributed by atoms with Gasteiger partial charge in [-0.2, -0.15) is 0 Å². The molecule has 118 valence electrons. The molecule has 8 heteroatoms. The average molecular weight is 315 g/mol. The van der Waals surface area contributed by atoms with Gasteiger partial charge >= 0.3 is 0 Å². The monoisotopic (exact) mass is 315 g/mol. The number of methoxy groups -OCH3 is 1. The van der Waals surface area contributed by atoms with Crippen molar-refractivity contribution in [3.8, 4) is 0 Å². The van der Waals surface area contributed by atoms with E-state index in [1.807, 2.05) is 0 Å². The quantitative estimate of drug-likeness (QED) is 0.613. The van der Waals surface area contributed by atoms with Crippen molar-refractivity contribution < 1.29 is 17.9 Å². The number of carbonyl (C=O) groups excluding carboxylic acids is 1. The Morgan fingerprint density at radius 3 is 2.52 bits per heavy atom. The third-order valence-corrected chi connectivity index (χ3v) is 3.27. The Labute approximate surface area is 124 Å². The molecule has 1 rings (SSSR count). The Hall–Kier alpha value is -1.64. The standard InChI is InChI=1S/C13H21N3O4S/c1-20-9-5-6-10(14)13(17)15-11-7-3-4-8-12(11)16-21(2,18)19/h3-4,7-8,10,16H,5-6,9,14H2,1-2H3,(H,15,17). The summed E-state index contributed by atoms with van der Waals surface area (Å²) in [6.45, 7) is 0.535. The van der Waals surface area contributed by atoms with E-state index in [9.17, 15) is 13.2 Å². The number of carbonyl (C=O) groups is 1. The van der Waals surface area contributed by atoms with Gasteiger partial charge in [0.25, 0.3) is 0 Å². The van der Waals surface area contributed by atoms with Crippen LogP contribution in [0.2, 0.25) is 0 Å². The Kier molecular flexibility index (Phi) is 6.60. The molecule has 0 saturated carbocycles. The molecular weight excluding hydrogens is 294 g/mol. The summed E-state index contributed by atoms with van der Waals surface area (Å²) < 4.78 is 29.8. The smallest absolute Gasteiger partial charge is 0.241 e. The molecule has 0 fully saturated rings. The molecule has 1 aromatic rings. The highest BCUT2D eigenvalue weighted by Gasteiger charge is 2.15. The van der Waals surface area contributed by atoms with Gasteiger partial charge in [-0.1, -0.05) is 12.1 Å². The number of para-hydroxylation sites is 2. The number of nitrogens with one attached hydrogen (secondary N) is 2. The Morgan fingerprint density at radius 2 is 1.95 bits per heavy atom. The van der Waals surface area contributed by atoms with Crippen LogP contribution in [0.1, 0.15) is 12.8 Å². The molecule has 0 aliphatic heterocycles. The van der Waals surface area contributed by atoms with Crippen molar-refractivity contribution in [2.45, 2.75) is 18.9 Å². The zero-order chi connectivity index (χ0) is 15.9. The fourth-order valence-corrected chi connectivity index (χ4v) is 2.26. The van der Waals surface area contributed by atoms with Crippen LogP contribution in [0.15, 0.2) is 24.3 Å². The number of ether oxygens (including phenoxy) is 1. The van der Waals surface area contributed by atoms with Gasteiger partial charge in [-0.3, -0.25) is 9.52 Å². The molecule has 1 aromatic carbocycles. The maximum absolute atomic E-state index is 12.0. The lowest BCUT2D eigenvalue weighted by molar-refractivity contribution is -0.117. The highest BCUT2D eigenvalue weighted by Crippen LogP contribution is 2.22. The van der Waals surface area contributed by atoms with Crippen LogP contribution in [0, 0.1) is 0 Å². The number of hydrogen-bond donors (Lipinski definition) is 3. The molecule has 0 aliphatic rings. The predicted octanol–water partition coefficient (Wildman–Crippen LogP) is 0.750. The van der Waals surface area contributed by atoms with E-state index in [2.05, 4.69) is 10.0 Å². The van der Waals surface area contributed by atoms with Crippen LogP contribution in [0.5, 0.6) is 0 Å². The largest absolute Gasteiger partial charge is 0.385 e. The van der Waals surface area contributed by atoms with E-state index in [4.69, 9.17) is 10.5 Å². The normalized spacial score (nSPS) is 12.7. The van der Waals surface area contributed by atoms with E-state index in [1.54, 1.807) is 31.4 Å². The average Bonchev–Trinajstić information content (AvgIpc) is 2.39. The third kappa shape index (κ3) is 6.56. The number of anilines is 2. The second-order valence-electron chi connectivity index (χ2n) is 4.65. The molecule has 0 saturated heterocycles. The number of hydrogen-bond acceptors (Lipinski definition) is 5. The van der Waals surface area contributed by atoms with Crippen molar-refractivity contribution in [2.24, 2.45) is 5.73 Å². The SMILES string of the molecule is COCCCC(N)C(=O)Nc1ccccc1NS(C)(=O)=O. The summed E-state index contributed by atoms with van der Waals surface area (Å²) in [7, 11) is -1.84. The third-order valence-electron chi connectivity index (χ3n) is 2.68. The minimum Gasteiger partial charge on any atom is -0.385 e. The van der Waals surface area contributed by atoms with Crippen LogP contribution < -0.4 is 15.8 Å². The van der Waals surface area contributed by atoms with Crippen molar-refractivity contribution in [1.82, 2.24) is 0 Å². The molecule has 0 bridgehead atoms. The van der Waals surface area contributed by atoms with Crippen LogP contribution in [-0.2, 0) is 19.6 Å². The summed E-state index contributed by atoms with van der Waals surface area (Å²) in [5.74, 6) is -0.367. The molecule has 0 spiro atoms. The van der Waals surface area contributed by atoms with Crippen LogP contribution in [0.25, 0.3) is 0 Å². The second kappa shape index (κ2) is 7.96. The van der Waals surface area contributed by atoms with Crippen LogP contribution in [0.3, 0.4) is 0 Å². The fourth-order valence-electron chi connectivity index (χ4n) is 1.68. The topological polar surface area (TPSA) is 111 Å². The number of nitrogens with two attached hydrogens (primary N) is 1. The van der Waals surface area contributed by atoms with Gasteiger partial charge in [0.2, 0.25) is 15.9 Å². The molecule has 1 atom stereocenters. The number of rotatable bonds is 8. The zero-order valence-electron chi connectivity index (χ0n) is 12.1. The highest BCUT2D eigenvalue weighted by atomic mass is 32.2. The van der Waals surface area contributed by atoms with Crippen LogP contribution in [-0.4, -0.2) is 40.3 Å². The minimum atomic E-state index is -3.42. The summed E-state index contributed by atoms with van der Waals surface area (Å²) in [6.07, 6.45) is 2.21. The molecule has 4 N–H and O–H groups in total. The van der Waals surface area contributed by atoms with E-state index in [0.717, 1.165) is 6.26 Å². The number of benzene rings is 1. The molecular formula is C13H21N3O4S. The Morgan fingerprint density at radius 1 is 1.33 bits per heavy atom. The molecule has 1 unspecified atom stereocenters. The van der Waals surface area contributed by atoms with Gasteiger partial charge in [-0.15, -0.1) is 0 Å². The van der Waals surface area contributed by atoms with E-state index in [0.29, 0.717) is 30.8 Å². The Bertz CT molecular complexity index is 575. The van der Waals surface area contributed by atoms with Gasteiger partial charge in [-0.05, 0) is 25.0 Å². The zero-order valence-corrected chi connectivity index (χ0v) is 12.9. The lowest BCUT2D eigenvalue weighted by Gasteiger charge is -2.15. The molecule has 0 aliphatic carbocycles. The lowest BCUT2D eigenvalue weighted by atomic mass is 10.1. The first-order valence-electron chi connectivity index (χ1n) is 6.45. The van der Waals surface area contributed by atoms with Crippen molar-refractivity contribution in [1.29, 1.82) is 0 Å². The van der Waals surface area contributed by atoms with Crippen molar-refractivity contribution in [3.05, 3.63) is 24.3 Å². The second-order valence-corrected chi connectivity index (χ2v) is 6.40. The van der Waals surface area contributed by atoms with Crippen LogP contribution >= 0.6 is 0 Å². The highest BCUT2D eigenvalue weighted by molar-refractivity contribution is 7.92. The van der Waals surface area contributed by atoms with Crippen molar-refractivity contribution in [3.63, 3.8) is 0 Å². The van der Waals surface area contributed by atoms with Gasteiger partial charge in [0, 0.05) is 13.7 Å². The molecule has 0 radical (unpaired) electrons. The van der Waals surface area contributed by atoms with Crippen molar-refractivity contribution >= 4 is 27.3 Å². The first-order chi connectivity index (χ1) is 9.83. The lowest BCUT2D eigenvalue weighted by Crippen LogP contribution is -2.36. The van der Waals surface area contributed by atoms with Crippen molar-refractivity contribution in [2.75, 3.05) is 30.0 Å². The van der Waals surface area contributed by atoms with Gasteiger partial charge in [-0.25, -0.2) is 8.42 Å². The first-order valence-corrected chi connectivity index (χ1v) is 8.35. The van der Waals surface area contributed by atoms with E-state index < -0.39 is 16.1 Å². The molecule has 0 heterocycles. The predicted molar refractivity (Wildman–Crippen MR) is 82.6 cm³/mol. The van der Waals surface area contributed by atoms with Gasteiger partial charge < -0.3 is 15.8 Å². The Balaban J connectivity index is 2.72. The maximum atomic E-state index is 12.0. The van der Waals surface area contributed by atoms with E-state index in [-0.39, 0.29) is 5.91 Å². The summed E-state index contributed by atoms with van der Waals surface area (Å²) >= 11 is 0. The van der Waals surface area contributed by atoms with E-state index >= 15 is 0 Å². The first kappa shape index (κ1) is 17.4. The molecule has 1 amide bonds. The minimum absolute atomic E-state index is 0.303. The summed E-state index contributed by atoms with van der Waals surface area (Å²) in [6, 6.07) is 5.85. The summed E-state index contributed by atoms with van der Waals surface area (Å²) in [5.41, 5.74) is 6.45. The van der Waals surface area contributed by atoms with Gasteiger partial charge in [0.1, 0.15) is 0 Å². The maximum Gasteiger partial charge on any atom is 0.241 e.